The minimum absolute atomic E-state index is 0.0698. The first-order chi connectivity index (χ1) is 16.4. The van der Waals surface area contributed by atoms with E-state index in [-0.39, 0.29) is 22.9 Å². The number of nitrogens with zero attached hydrogens (tertiary/aromatic N) is 1. The molecule has 35 heavy (non-hydrogen) atoms. The molecule has 0 unspecified atom stereocenters. The van der Waals surface area contributed by atoms with E-state index in [1.165, 1.54) is 0 Å². The summed E-state index contributed by atoms with van der Waals surface area (Å²) >= 11 is 0. The lowest BCUT2D eigenvalue weighted by Crippen LogP contribution is -2.35. The highest BCUT2D eigenvalue weighted by Gasteiger charge is 2.31. The Morgan fingerprint density at radius 3 is 2.23 bits per heavy atom. The van der Waals surface area contributed by atoms with Crippen LogP contribution >= 0.6 is 0 Å². The van der Waals surface area contributed by atoms with Gasteiger partial charge >= 0.3 is 6.18 Å². The molecule has 0 saturated heterocycles. The summed E-state index contributed by atoms with van der Waals surface area (Å²) in [6.45, 7) is 7.29. The van der Waals surface area contributed by atoms with E-state index in [1.54, 1.807) is 37.5 Å². The molecule has 0 atom stereocenters. The molecule has 0 aliphatic rings. The van der Waals surface area contributed by atoms with Gasteiger partial charge in [0.25, 0.3) is 11.8 Å². The maximum absolute atomic E-state index is 12.7. The number of alkyl halides is 3. The standard InChI is InChI=1S/C17H15F3N2O2.C8H10N2O/c1-10-4-3-5-12(8-10)16(24)22-21-11(2)14-9-13(17(18,19)20)6-7-15(14)23;1-6-3-4-10-7(5-6)8(11)9-2/h3-9,21,23H,2H2,1H3,(H,22,24);3-5H,1-2H3,(H,9,11). The van der Waals surface area contributed by atoms with Gasteiger partial charge in [0, 0.05) is 24.4 Å². The van der Waals surface area contributed by atoms with Crippen LogP contribution in [0.2, 0.25) is 0 Å². The molecule has 0 fully saturated rings. The number of halogens is 3. The van der Waals surface area contributed by atoms with Crippen molar-refractivity contribution in [2.45, 2.75) is 20.0 Å². The maximum atomic E-state index is 12.7. The normalized spacial score (nSPS) is 10.5. The van der Waals surface area contributed by atoms with Crippen LogP contribution in [-0.4, -0.2) is 29.0 Å². The molecule has 4 N–H and O–H groups in total. The molecule has 3 aromatic rings. The van der Waals surface area contributed by atoms with Crippen LogP contribution in [0, 0.1) is 13.8 Å². The van der Waals surface area contributed by atoms with Crippen LogP contribution in [0.3, 0.4) is 0 Å². The summed E-state index contributed by atoms with van der Waals surface area (Å²) < 4.78 is 38.2. The van der Waals surface area contributed by atoms with E-state index in [4.69, 9.17) is 0 Å². The van der Waals surface area contributed by atoms with E-state index in [2.05, 4.69) is 27.7 Å². The number of hydrogen-bond acceptors (Lipinski definition) is 5. The van der Waals surface area contributed by atoms with E-state index in [0.29, 0.717) is 11.3 Å². The minimum atomic E-state index is -4.55. The molecule has 0 radical (unpaired) electrons. The fraction of sp³-hybridized carbons (Fsp3) is 0.160. The molecule has 0 saturated carbocycles. The zero-order valence-electron chi connectivity index (χ0n) is 19.3. The van der Waals surface area contributed by atoms with Gasteiger partial charge in [0.1, 0.15) is 11.4 Å². The number of hydrogen-bond donors (Lipinski definition) is 4. The first kappa shape index (κ1) is 26.9. The molecule has 0 aliphatic heterocycles. The van der Waals surface area contributed by atoms with Gasteiger partial charge in [-0.15, -0.1) is 0 Å². The Kier molecular flexibility index (Phi) is 8.98. The topological polar surface area (TPSA) is 103 Å². The molecule has 3 rings (SSSR count). The zero-order chi connectivity index (χ0) is 26.2. The molecule has 2 amide bonds. The van der Waals surface area contributed by atoms with E-state index in [9.17, 15) is 27.9 Å². The smallest absolute Gasteiger partial charge is 0.416 e. The summed E-state index contributed by atoms with van der Waals surface area (Å²) in [5.74, 6) is -1.01. The lowest BCUT2D eigenvalue weighted by Gasteiger charge is -2.15. The fourth-order valence-corrected chi connectivity index (χ4v) is 2.80. The van der Waals surface area contributed by atoms with Crippen molar-refractivity contribution in [2.75, 3.05) is 7.05 Å². The minimum Gasteiger partial charge on any atom is -0.507 e. The zero-order valence-corrected chi connectivity index (χ0v) is 19.3. The third-order valence-electron chi connectivity index (χ3n) is 4.63. The van der Waals surface area contributed by atoms with E-state index in [1.807, 2.05) is 26.0 Å². The molecule has 1 heterocycles. The van der Waals surface area contributed by atoms with Gasteiger partial charge in [-0.3, -0.25) is 25.4 Å². The van der Waals surface area contributed by atoms with Gasteiger partial charge < -0.3 is 10.4 Å². The van der Waals surface area contributed by atoms with Crippen LogP contribution in [0.15, 0.2) is 67.4 Å². The van der Waals surface area contributed by atoms with Gasteiger partial charge in [0.05, 0.1) is 11.3 Å². The van der Waals surface area contributed by atoms with Crippen molar-refractivity contribution < 1.29 is 27.9 Å². The molecule has 7 nitrogen and oxygen atoms in total. The number of rotatable bonds is 5. The predicted octanol–water partition coefficient (Wildman–Crippen LogP) is 4.37. The monoisotopic (exact) mass is 486 g/mol. The van der Waals surface area contributed by atoms with Gasteiger partial charge in [-0.1, -0.05) is 24.3 Å². The van der Waals surface area contributed by atoms with E-state index >= 15 is 0 Å². The van der Waals surface area contributed by atoms with Crippen LogP contribution in [0.25, 0.3) is 5.70 Å². The molecule has 1 aromatic heterocycles. The first-order valence-corrected chi connectivity index (χ1v) is 10.3. The Bertz CT molecular complexity index is 1230. The SMILES string of the molecule is C=C(NNC(=O)c1cccc(C)c1)c1cc(C(F)(F)F)ccc1O.CNC(=O)c1cc(C)ccn1. The molecule has 184 valence electrons. The van der Waals surface area contributed by atoms with Crippen LogP contribution in [0.1, 0.15) is 43.1 Å². The van der Waals surface area contributed by atoms with Crippen molar-refractivity contribution in [1.29, 1.82) is 0 Å². The van der Waals surface area contributed by atoms with Crippen molar-refractivity contribution in [1.82, 2.24) is 21.2 Å². The molecule has 0 aliphatic carbocycles. The highest BCUT2D eigenvalue weighted by atomic mass is 19.4. The average molecular weight is 486 g/mol. The van der Waals surface area contributed by atoms with Crippen LogP contribution in [0.4, 0.5) is 13.2 Å². The number of phenolic OH excluding ortho intramolecular Hbond substituents is 1. The third-order valence-corrected chi connectivity index (χ3v) is 4.63. The van der Waals surface area contributed by atoms with Crippen molar-refractivity contribution >= 4 is 17.5 Å². The summed E-state index contributed by atoms with van der Waals surface area (Å²) in [4.78, 5) is 26.9. The number of carbonyl (C=O) groups excluding carboxylic acids is 2. The maximum Gasteiger partial charge on any atom is 0.416 e. The number of carbonyl (C=O) groups is 2. The number of pyridine rings is 1. The molecular formula is C25H25F3N4O3. The van der Waals surface area contributed by atoms with Crippen LogP contribution < -0.4 is 16.2 Å². The van der Waals surface area contributed by atoms with Crippen molar-refractivity contribution in [3.63, 3.8) is 0 Å². The molecule has 0 bridgehead atoms. The average Bonchev–Trinajstić information content (AvgIpc) is 2.81. The molecular weight excluding hydrogens is 461 g/mol. The number of phenols is 1. The largest absolute Gasteiger partial charge is 0.507 e. The lowest BCUT2D eigenvalue weighted by atomic mass is 10.1. The summed E-state index contributed by atoms with van der Waals surface area (Å²) in [6.07, 6.45) is -2.92. The van der Waals surface area contributed by atoms with Gasteiger partial charge in [0.2, 0.25) is 0 Å². The third kappa shape index (κ3) is 7.88. The Hall–Kier alpha value is -4.34. The van der Waals surface area contributed by atoms with E-state index in [0.717, 1.165) is 29.3 Å². The molecule has 10 heteroatoms. The Morgan fingerprint density at radius 1 is 0.943 bits per heavy atom. The number of benzene rings is 2. The summed E-state index contributed by atoms with van der Waals surface area (Å²) in [5.41, 5.74) is 6.36. The number of nitrogens with one attached hydrogen (secondary N) is 3. The van der Waals surface area contributed by atoms with E-state index < -0.39 is 17.6 Å². The number of aromatic nitrogens is 1. The Morgan fingerprint density at radius 2 is 1.63 bits per heavy atom. The van der Waals surface area contributed by atoms with Gasteiger partial charge in [-0.25, -0.2) is 0 Å². The van der Waals surface area contributed by atoms with Crippen LogP contribution in [0.5, 0.6) is 5.75 Å². The second-order valence-electron chi connectivity index (χ2n) is 7.45. The molecule has 0 spiro atoms. The number of aromatic hydroxyl groups is 1. The van der Waals surface area contributed by atoms with Gasteiger partial charge in [-0.2, -0.15) is 13.2 Å². The van der Waals surface area contributed by atoms with Gasteiger partial charge in [-0.05, 0) is 61.9 Å². The summed E-state index contributed by atoms with van der Waals surface area (Å²) in [7, 11) is 1.59. The van der Waals surface area contributed by atoms with Crippen LogP contribution in [-0.2, 0) is 6.18 Å². The Balaban J connectivity index is 0.000000328. The molecule has 2 aromatic carbocycles. The highest BCUT2D eigenvalue weighted by Crippen LogP contribution is 2.33. The number of amides is 2. The first-order valence-electron chi connectivity index (χ1n) is 10.3. The fourth-order valence-electron chi connectivity index (χ4n) is 2.80. The van der Waals surface area contributed by atoms with Crippen molar-refractivity contribution in [3.8, 4) is 5.75 Å². The number of aryl methyl sites for hydroxylation is 2. The lowest BCUT2D eigenvalue weighted by molar-refractivity contribution is -0.137. The summed E-state index contributed by atoms with van der Waals surface area (Å²) in [6, 6.07) is 12.8. The second-order valence-corrected chi connectivity index (χ2v) is 7.45. The number of hydrazine groups is 1. The van der Waals surface area contributed by atoms with Crippen molar-refractivity contribution in [3.05, 3.63) is 101 Å². The predicted molar refractivity (Wildman–Crippen MR) is 126 cm³/mol. The van der Waals surface area contributed by atoms with Crippen molar-refractivity contribution in [2.24, 2.45) is 0 Å². The quantitative estimate of drug-likeness (QED) is 0.401. The highest BCUT2D eigenvalue weighted by molar-refractivity contribution is 5.94. The van der Waals surface area contributed by atoms with Gasteiger partial charge in [0.15, 0.2) is 0 Å². The summed E-state index contributed by atoms with van der Waals surface area (Å²) in [5, 5.41) is 12.2. The Labute approximate surface area is 200 Å². The second kappa shape index (κ2) is 11.7.